The van der Waals surface area contributed by atoms with E-state index in [2.05, 4.69) is 36.5 Å². The molecular weight excluding hydrogens is 608 g/mol. The van der Waals surface area contributed by atoms with Crippen LogP contribution in [0.2, 0.25) is 0 Å². The van der Waals surface area contributed by atoms with E-state index in [1.54, 1.807) is 30.3 Å². The molecule has 1 fully saturated rings. The number of phenolic OH excluding ortho intramolecular Hbond substituents is 1. The van der Waals surface area contributed by atoms with E-state index in [-0.39, 0.29) is 37.1 Å². The molecule has 4 aromatic rings. The lowest BCUT2D eigenvalue weighted by atomic mass is 9.88. The van der Waals surface area contributed by atoms with Gasteiger partial charge in [0, 0.05) is 17.5 Å². The number of carbonyl (C=O) groups is 3. The summed E-state index contributed by atoms with van der Waals surface area (Å²) in [6.45, 7) is 3.74. The van der Waals surface area contributed by atoms with Crippen LogP contribution in [0, 0.1) is 0 Å². The van der Waals surface area contributed by atoms with Gasteiger partial charge < -0.3 is 24.2 Å². The number of ether oxygens (including phenoxy) is 3. The second kappa shape index (κ2) is 15.0. The summed E-state index contributed by atoms with van der Waals surface area (Å²) in [6.07, 6.45) is 1.36. The van der Waals surface area contributed by atoms with Gasteiger partial charge >= 0.3 is 0 Å². The lowest BCUT2D eigenvalue weighted by Crippen LogP contribution is -2.52. The van der Waals surface area contributed by atoms with Crippen LogP contribution in [-0.4, -0.2) is 60.2 Å². The number of allylic oxidation sites excluding steroid dienone is 1. The summed E-state index contributed by atoms with van der Waals surface area (Å²) in [6, 6.07) is 30.3. The molecule has 0 saturated carbocycles. The first-order chi connectivity index (χ1) is 23.4. The van der Waals surface area contributed by atoms with E-state index in [1.807, 2.05) is 42.5 Å². The number of carbonyl (C=O) groups excluding carboxylic acids is 3. The van der Waals surface area contributed by atoms with Gasteiger partial charge in [-0.3, -0.25) is 19.7 Å². The van der Waals surface area contributed by atoms with Gasteiger partial charge in [0.2, 0.25) is 11.8 Å². The first-order valence-electron chi connectivity index (χ1n) is 16.2. The molecule has 48 heavy (non-hydrogen) atoms. The third kappa shape index (κ3) is 7.26. The second-order valence-electron chi connectivity index (χ2n) is 11.6. The fraction of sp³-hybridized carbons (Fsp3) is 0.256. The van der Waals surface area contributed by atoms with E-state index in [1.165, 1.54) is 10.5 Å². The zero-order valence-corrected chi connectivity index (χ0v) is 26.8. The summed E-state index contributed by atoms with van der Waals surface area (Å²) in [5, 5.41) is 12.2. The molecule has 2 N–H and O–H groups in total. The topological polar surface area (TPSA) is 114 Å². The molecule has 246 valence electrons. The van der Waals surface area contributed by atoms with Crippen LogP contribution in [0.3, 0.4) is 0 Å². The maximum absolute atomic E-state index is 13.0. The molecular formula is C39H38N2O7. The van der Waals surface area contributed by atoms with Crippen molar-refractivity contribution < 1.29 is 33.7 Å². The SMILES string of the molecule is CC/C(=C(\c1ccc(O)cc1)c1ccc(OCCOCCOc2cccc3c2CN(C2CCC(=O)NC2=O)C3=O)cc1)c1ccccc1. The minimum absolute atomic E-state index is 0.208. The van der Waals surface area contributed by atoms with Crippen LogP contribution in [0.1, 0.15) is 58.8 Å². The van der Waals surface area contributed by atoms with Gasteiger partial charge in [0.1, 0.15) is 36.5 Å². The largest absolute Gasteiger partial charge is 0.508 e. The fourth-order valence-electron chi connectivity index (χ4n) is 6.25. The van der Waals surface area contributed by atoms with Crippen molar-refractivity contribution in [3.8, 4) is 17.2 Å². The normalized spacial score (nSPS) is 16.3. The highest BCUT2D eigenvalue weighted by Gasteiger charge is 2.40. The number of aromatic hydroxyl groups is 1. The molecule has 2 heterocycles. The van der Waals surface area contributed by atoms with E-state index < -0.39 is 11.9 Å². The third-order valence-electron chi connectivity index (χ3n) is 8.60. The lowest BCUT2D eigenvalue weighted by Gasteiger charge is -2.29. The number of nitrogens with one attached hydrogen (secondary N) is 1. The highest BCUT2D eigenvalue weighted by atomic mass is 16.5. The molecule has 2 aliphatic heterocycles. The molecule has 2 aliphatic rings. The van der Waals surface area contributed by atoms with Crippen molar-refractivity contribution in [1.29, 1.82) is 0 Å². The second-order valence-corrected chi connectivity index (χ2v) is 11.6. The highest BCUT2D eigenvalue weighted by Crippen LogP contribution is 2.36. The van der Waals surface area contributed by atoms with Crippen molar-refractivity contribution in [2.24, 2.45) is 0 Å². The van der Waals surface area contributed by atoms with Gasteiger partial charge in [0.15, 0.2) is 0 Å². The number of imide groups is 1. The quantitative estimate of drug-likeness (QED) is 0.104. The van der Waals surface area contributed by atoms with Gasteiger partial charge in [-0.1, -0.05) is 67.6 Å². The van der Waals surface area contributed by atoms with Crippen molar-refractivity contribution >= 4 is 28.9 Å². The number of rotatable bonds is 13. The lowest BCUT2D eigenvalue weighted by molar-refractivity contribution is -0.136. The van der Waals surface area contributed by atoms with Crippen LogP contribution in [0.4, 0.5) is 0 Å². The number of amides is 3. The molecule has 1 unspecified atom stereocenters. The smallest absolute Gasteiger partial charge is 0.255 e. The Hall–Kier alpha value is -5.41. The van der Waals surface area contributed by atoms with Crippen molar-refractivity contribution in [2.45, 2.75) is 38.8 Å². The van der Waals surface area contributed by atoms with Crippen molar-refractivity contribution in [1.82, 2.24) is 10.2 Å². The molecule has 1 saturated heterocycles. The summed E-state index contributed by atoms with van der Waals surface area (Å²) in [7, 11) is 0. The first kappa shape index (κ1) is 32.5. The Morgan fingerprint density at radius 3 is 2.17 bits per heavy atom. The molecule has 0 bridgehead atoms. The molecule has 0 spiro atoms. The Kier molecular flexibility index (Phi) is 10.2. The minimum Gasteiger partial charge on any atom is -0.508 e. The van der Waals surface area contributed by atoms with Crippen LogP contribution in [-0.2, 0) is 20.9 Å². The summed E-state index contributed by atoms with van der Waals surface area (Å²) in [5.74, 6) is 0.547. The van der Waals surface area contributed by atoms with Gasteiger partial charge in [0.05, 0.1) is 19.8 Å². The summed E-state index contributed by atoms with van der Waals surface area (Å²) in [5.41, 5.74) is 6.79. The summed E-state index contributed by atoms with van der Waals surface area (Å²) >= 11 is 0. The highest BCUT2D eigenvalue weighted by molar-refractivity contribution is 6.05. The molecule has 9 nitrogen and oxygen atoms in total. The van der Waals surface area contributed by atoms with Crippen LogP contribution in [0.25, 0.3) is 11.1 Å². The molecule has 0 aromatic heterocycles. The molecule has 3 amide bonds. The number of phenols is 1. The average molecular weight is 647 g/mol. The standard InChI is InChI=1S/C39H38N2O7/c1-2-31(26-7-4-3-5-8-26)37(27-11-15-29(42)16-12-27)28-13-17-30(18-14-28)47-23-21-46-22-24-48-35-10-6-9-32-33(35)25-41(39(32)45)34-19-20-36(43)40-38(34)44/h3-18,34,42H,2,19-25H2,1H3,(H,40,43,44)/b37-31-. The van der Waals surface area contributed by atoms with E-state index in [0.29, 0.717) is 37.6 Å². The number of piperidine rings is 1. The zero-order valence-electron chi connectivity index (χ0n) is 26.8. The van der Waals surface area contributed by atoms with E-state index >= 15 is 0 Å². The number of benzene rings is 4. The fourth-order valence-corrected chi connectivity index (χ4v) is 6.25. The third-order valence-corrected chi connectivity index (χ3v) is 8.60. The Labute approximate surface area is 279 Å². The Morgan fingerprint density at radius 2 is 1.48 bits per heavy atom. The maximum atomic E-state index is 13.0. The Balaban J connectivity index is 1.00. The van der Waals surface area contributed by atoms with Crippen molar-refractivity contribution in [2.75, 3.05) is 26.4 Å². The predicted molar refractivity (Wildman–Crippen MR) is 181 cm³/mol. The van der Waals surface area contributed by atoms with Crippen molar-refractivity contribution in [3.05, 3.63) is 125 Å². The maximum Gasteiger partial charge on any atom is 0.255 e. The van der Waals surface area contributed by atoms with Gasteiger partial charge in [-0.2, -0.15) is 0 Å². The number of hydrogen-bond donors (Lipinski definition) is 2. The van der Waals surface area contributed by atoms with Crippen LogP contribution in [0.15, 0.2) is 97.1 Å². The van der Waals surface area contributed by atoms with E-state index in [4.69, 9.17) is 14.2 Å². The van der Waals surface area contributed by atoms with E-state index in [0.717, 1.165) is 40.0 Å². The number of nitrogens with zero attached hydrogens (tertiary/aromatic N) is 1. The van der Waals surface area contributed by atoms with Crippen LogP contribution in [0.5, 0.6) is 17.2 Å². The van der Waals surface area contributed by atoms with Gasteiger partial charge in [-0.25, -0.2) is 0 Å². The number of fused-ring (bicyclic) bond motifs is 1. The molecule has 9 heteroatoms. The molecule has 6 rings (SSSR count). The summed E-state index contributed by atoms with van der Waals surface area (Å²) < 4.78 is 17.6. The molecule has 0 aliphatic carbocycles. The predicted octanol–water partition coefficient (Wildman–Crippen LogP) is 6.00. The van der Waals surface area contributed by atoms with Gasteiger partial charge in [0.25, 0.3) is 5.91 Å². The first-order valence-corrected chi connectivity index (χ1v) is 16.2. The number of hydrogen-bond acceptors (Lipinski definition) is 7. The Bertz CT molecular complexity index is 1800. The molecule has 0 radical (unpaired) electrons. The van der Waals surface area contributed by atoms with Gasteiger partial charge in [-0.15, -0.1) is 0 Å². The van der Waals surface area contributed by atoms with Crippen LogP contribution < -0.4 is 14.8 Å². The summed E-state index contributed by atoms with van der Waals surface area (Å²) in [4.78, 5) is 38.4. The molecule has 1 atom stereocenters. The zero-order chi connectivity index (χ0) is 33.5. The van der Waals surface area contributed by atoms with E-state index in [9.17, 15) is 19.5 Å². The van der Waals surface area contributed by atoms with Crippen molar-refractivity contribution in [3.63, 3.8) is 0 Å². The minimum atomic E-state index is -0.670. The Morgan fingerprint density at radius 1 is 0.792 bits per heavy atom. The monoisotopic (exact) mass is 646 g/mol. The van der Waals surface area contributed by atoms with Crippen LogP contribution >= 0.6 is 0 Å². The average Bonchev–Trinajstić information content (AvgIpc) is 3.44. The van der Waals surface area contributed by atoms with Gasteiger partial charge in [-0.05, 0) is 77.1 Å². The molecule has 4 aromatic carbocycles.